The molecule has 1 aromatic rings. The topological polar surface area (TPSA) is 26.8 Å². The highest BCUT2D eigenvalue weighted by molar-refractivity contribution is 5.30. The minimum absolute atomic E-state index is 0.104. The zero-order valence-electron chi connectivity index (χ0n) is 7.64. The Labute approximate surface area is 78.4 Å². The lowest BCUT2D eigenvalue weighted by atomic mass is 10.1. The fraction of sp³-hybridized carbons (Fsp3) is 0.364. The van der Waals surface area contributed by atoms with Gasteiger partial charge < -0.3 is 0 Å². The van der Waals surface area contributed by atoms with E-state index >= 15 is 0 Å². The molecule has 1 aliphatic heterocycles. The van der Waals surface area contributed by atoms with Crippen molar-refractivity contribution in [2.24, 2.45) is 0 Å². The Morgan fingerprint density at radius 1 is 1.38 bits per heavy atom. The molecular formula is C11H12N2. The molecule has 0 spiro atoms. The Balaban J connectivity index is 2.18. The van der Waals surface area contributed by atoms with Crippen LogP contribution in [0.1, 0.15) is 18.5 Å². The lowest BCUT2D eigenvalue weighted by Crippen LogP contribution is -1.97. The van der Waals surface area contributed by atoms with Crippen molar-refractivity contribution in [2.75, 3.05) is 6.54 Å². The van der Waals surface area contributed by atoms with E-state index in [-0.39, 0.29) is 6.04 Å². The molecule has 1 saturated heterocycles. The molecule has 66 valence electrons. The van der Waals surface area contributed by atoms with Crippen LogP contribution in [0.2, 0.25) is 0 Å². The first-order chi connectivity index (χ1) is 6.38. The van der Waals surface area contributed by atoms with Crippen molar-refractivity contribution in [2.45, 2.75) is 19.0 Å². The third-order valence-corrected chi connectivity index (χ3v) is 2.56. The van der Waals surface area contributed by atoms with Gasteiger partial charge in [-0.05, 0) is 12.1 Å². The van der Waals surface area contributed by atoms with Gasteiger partial charge in [0.15, 0.2) is 0 Å². The lowest BCUT2D eigenvalue weighted by molar-refractivity contribution is 0.529. The second kappa shape index (κ2) is 3.20. The molecule has 2 rings (SSSR count). The van der Waals surface area contributed by atoms with Gasteiger partial charge in [-0.25, -0.2) is 0 Å². The fourth-order valence-corrected chi connectivity index (χ4v) is 1.84. The Kier molecular flexibility index (Phi) is 2.03. The van der Waals surface area contributed by atoms with Crippen LogP contribution in [-0.4, -0.2) is 17.5 Å². The molecule has 1 aliphatic rings. The molecule has 3 atom stereocenters. The Bertz CT molecular complexity index is 326. The van der Waals surface area contributed by atoms with Crippen LogP contribution in [0, 0.1) is 11.3 Å². The molecule has 0 aliphatic carbocycles. The molecule has 0 amide bonds. The fourth-order valence-electron chi connectivity index (χ4n) is 1.84. The van der Waals surface area contributed by atoms with Crippen molar-refractivity contribution in [1.82, 2.24) is 4.90 Å². The average molecular weight is 172 g/mol. The first-order valence-corrected chi connectivity index (χ1v) is 4.58. The molecule has 1 heterocycles. The van der Waals surface area contributed by atoms with E-state index in [0.717, 1.165) is 6.54 Å². The van der Waals surface area contributed by atoms with E-state index < -0.39 is 0 Å². The van der Waals surface area contributed by atoms with Gasteiger partial charge >= 0.3 is 0 Å². The maximum absolute atomic E-state index is 8.85. The summed E-state index contributed by atoms with van der Waals surface area (Å²) in [5.41, 5.74) is 1.26. The minimum atomic E-state index is 0.104. The van der Waals surface area contributed by atoms with E-state index in [1.54, 1.807) is 0 Å². The molecule has 0 radical (unpaired) electrons. The summed E-state index contributed by atoms with van der Waals surface area (Å²) in [6.07, 6.45) is 0. The molecule has 0 aromatic heterocycles. The van der Waals surface area contributed by atoms with Crippen molar-refractivity contribution in [3.8, 4) is 6.07 Å². The summed E-state index contributed by atoms with van der Waals surface area (Å²) < 4.78 is 0. The highest BCUT2D eigenvalue weighted by Crippen LogP contribution is 2.41. The first kappa shape index (κ1) is 8.28. The van der Waals surface area contributed by atoms with E-state index in [1.807, 2.05) is 18.2 Å². The zero-order valence-corrected chi connectivity index (χ0v) is 7.64. The Hall–Kier alpha value is -1.33. The van der Waals surface area contributed by atoms with Gasteiger partial charge in [0.1, 0.15) is 6.04 Å². The molecule has 1 unspecified atom stereocenters. The van der Waals surface area contributed by atoms with Gasteiger partial charge in [0.25, 0.3) is 0 Å². The second-order valence-electron chi connectivity index (χ2n) is 3.26. The van der Waals surface area contributed by atoms with Crippen molar-refractivity contribution >= 4 is 0 Å². The van der Waals surface area contributed by atoms with E-state index in [2.05, 4.69) is 30.0 Å². The number of nitriles is 1. The van der Waals surface area contributed by atoms with Crippen LogP contribution in [0.5, 0.6) is 0 Å². The molecule has 0 N–H and O–H groups in total. The summed E-state index contributed by atoms with van der Waals surface area (Å²) in [6.45, 7) is 3.05. The predicted molar refractivity (Wildman–Crippen MR) is 51.0 cm³/mol. The third-order valence-electron chi connectivity index (χ3n) is 2.56. The Morgan fingerprint density at radius 3 is 2.54 bits per heavy atom. The maximum atomic E-state index is 8.85. The summed E-state index contributed by atoms with van der Waals surface area (Å²) in [6, 6.07) is 13.0. The molecule has 0 saturated carbocycles. The summed E-state index contributed by atoms with van der Waals surface area (Å²) in [7, 11) is 0. The van der Waals surface area contributed by atoms with Crippen LogP contribution in [0.15, 0.2) is 30.3 Å². The molecule has 2 nitrogen and oxygen atoms in total. The Morgan fingerprint density at radius 2 is 2.08 bits per heavy atom. The van der Waals surface area contributed by atoms with E-state index in [1.165, 1.54) is 5.56 Å². The van der Waals surface area contributed by atoms with Crippen LogP contribution in [-0.2, 0) is 0 Å². The van der Waals surface area contributed by atoms with Crippen molar-refractivity contribution in [3.05, 3.63) is 35.9 Å². The molecule has 1 fully saturated rings. The third kappa shape index (κ3) is 1.32. The second-order valence-corrected chi connectivity index (χ2v) is 3.26. The number of hydrogen-bond acceptors (Lipinski definition) is 2. The number of likely N-dealkylation sites (N-methyl/N-ethyl adjacent to an activating group) is 1. The van der Waals surface area contributed by atoms with Gasteiger partial charge in [0, 0.05) is 0 Å². The van der Waals surface area contributed by atoms with Crippen LogP contribution < -0.4 is 0 Å². The summed E-state index contributed by atoms with van der Waals surface area (Å²) in [5.74, 6) is 0. The summed E-state index contributed by atoms with van der Waals surface area (Å²) in [4.78, 5) is 2.19. The standard InChI is InChI=1S/C11H12N2/c1-2-13-10(8-12)11(13)9-6-4-3-5-7-9/h3-7,10-11H,2H2,1H3/t10-,11-,13?/m0/s1. The molecule has 1 aromatic carbocycles. The monoisotopic (exact) mass is 172 g/mol. The average Bonchev–Trinajstić information content (AvgIpc) is 2.92. The minimum Gasteiger partial charge on any atom is -0.277 e. The van der Waals surface area contributed by atoms with Gasteiger partial charge in [-0.3, -0.25) is 4.90 Å². The lowest BCUT2D eigenvalue weighted by Gasteiger charge is -1.97. The van der Waals surface area contributed by atoms with Crippen LogP contribution >= 0.6 is 0 Å². The zero-order chi connectivity index (χ0) is 9.26. The van der Waals surface area contributed by atoms with Crippen molar-refractivity contribution < 1.29 is 0 Å². The van der Waals surface area contributed by atoms with Crippen LogP contribution in [0.4, 0.5) is 0 Å². The highest BCUT2D eigenvalue weighted by Gasteiger charge is 2.47. The van der Waals surface area contributed by atoms with Crippen LogP contribution in [0.25, 0.3) is 0 Å². The molecular weight excluding hydrogens is 160 g/mol. The molecule has 0 bridgehead atoms. The highest BCUT2D eigenvalue weighted by atomic mass is 15.3. The van der Waals surface area contributed by atoms with E-state index in [4.69, 9.17) is 5.26 Å². The number of rotatable bonds is 2. The smallest absolute Gasteiger partial charge is 0.118 e. The van der Waals surface area contributed by atoms with Gasteiger partial charge in [0.05, 0.1) is 12.1 Å². The predicted octanol–water partition coefficient (Wildman–Crippen LogP) is 1.96. The van der Waals surface area contributed by atoms with E-state index in [9.17, 15) is 0 Å². The number of benzene rings is 1. The van der Waals surface area contributed by atoms with Crippen molar-refractivity contribution in [1.29, 1.82) is 5.26 Å². The van der Waals surface area contributed by atoms with Gasteiger partial charge in [-0.1, -0.05) is 37.3 Å². The number of nitrogens with zero attached hydrogens (tertiary/aromatic N) is 2. The first-order valence-electron chi connectivity index (χ1n) is 4.58. The largest absolute Gasteiger partial charge is 0.277 e. The quantitative estimate of drug-likeness (QED) is 0.637. The van der Waals surface area contributed by atoms with Gasteiger partial charge in [-0.15, -0.1) is 0 Å². The van der Waals surface area contributed by atoms with Gasteiger partial charge in [0.2, 0.25) is 0 Å². The molecule has 2 heteroatoms. The number of hydrogen-bond donors (Lipinski definition) is 0. The van der Waals surface area contributed by atoms with E-state index in [0.29, 0.717) is 6.04 Å². The molecule has 13 heavy (non-hydrogen) atoms. The summed E-state index contributed by atoms with van der Waals surface area (Å²) >= 11 is 0. The SMILES string of the molecule is CCN1[C@@H](C#N)[C@@H]1c1ccccc1. The van der Waals surface area contributed by atoms with Gasteiger partial charge in [-0.2, -0.15) is 5.26 Å². The van der Waals surface area contributed by atoms with Crippen molar-refractivity contribution in [3.63, 3.8) is 0 Å². The normalized spacial score (nSPS) is 30.9. The maximum Gasteiger partial charge on any atom is 0.118 e. The van der Waals surface area contributed by atoms with Crippen LogP contribution in [0.3, 0.4) is 0 Å². The summed E-state index contributed by atoms with van der Waals surface area (Å²) in [5, 5.41) is 8.85.